The van der Waals surface area contributed by atoms with Gasteiger partial charge in [0.15, 0.2) is 4.90 Å². The predicted molar refractivity (Wildman–Crippen MR) is 89.5 cm³/mol. The Morgan fingerprint density at radius 2 is 1.78 bits per heavy atom. The molecule has 0 aromatic heterocycles. The van der Waals surface area contributed by atoms with E-state index in [1.165, 1.54) is 33.5 Å². The van der Waals surface area contributed by atoms with E-state index in [-0.39, 0.29) is 28.8 Å². The van der Waals surface area contributed by atoms with Crippen LogP contribution in [0.1, 0.15) is 6.42 Å². The van der Waals surface area contributed by atoms with E-state index in [9.17, 15) is 8.42 Å². The topological polar surface area (TPSA) is 85.9 Å². The lowest BCUT2D eigenvalue weighted by atomic mass is 10.1. The van der Waals surface area contributed by atoms with Gasteiger partial charge in [-0.1, -0.05) is 0 Å². The van der Waals surface area contributed by atoms with E-state index in [0.29, 0.717) is 18.2 Å². The highest BCUT2D eigenvalue weighted by Crippen LogP contribution is 2.37. The molecule has 23 heavy (non-hydrogen) atoms. The molecule has 1 heterocycles. The Bertz CT molecular complexity index is 593. The second-order valence-electron chi connectivity index (χ2n) is 5.07. The molecule has 0 amide bonds. The van der Waals surface area contributed by atoms with Crippen LogP contribution in [-0.2, 0) is 10.0 Å². The molecule has 1 atom stereocenters. The van der Waals surface area contributed by atoms with E-state index >= 15 is 0 Å². The van der Waals surface area contributed by atoms with Crippen molar-refractivity contribution in [1.29, 1.82) is 0 Å². The predicted octanol–water partition coefficient (Wildman–Crippen LogP) is 1.02. The second kappa shape index (κ2) is 8.58. The highest BCUT2D eigenvalue weighted by Gasteiger charge is 2.27. The van der Waals surface area contributed by atoms with Crippen LogP contribution in [0.25, 0.3) is 0 Å². The lowest BCUT2D eigenvalue weighted by Crippen LogP contribution is -2.30. The van der Waals surface area contributed by atoms with Crippen molar-refractivity contribution in [3.8, 4) is 17.2 Å². The van der Waals surface area contributed by atoms with Crippen molar-refractivity contribution in [3.63, 3.8) is 0 Å². The maximum atomic E-state index is 12.6. The molecule has 132 valence electrons. The summed E-state index contributed by atoms with van der Waals surface area (Å²) >= 11 is 0. The van der Waals surface area contributed by atoms with Crippen LogP contribution in [0.3, 0.4) is 0 Å². The standard InChI is InChI=1S/C14H22N2O5S.ClH/c1-19-11-6-12(20-2)14(13(7-11)21-3)22(17,18)16-9-10-4-5-15-8-10;/h6-7,10,15-16H,4-5,8-9H2,1-3H3;1H. The number of sulfonamides is 1. The minimum absolute atomic E-state index is 0. The SMILES string of the molecule is COc1cc(OC)c(S(=O)(=O)NCC2CCNC2)c(OC)c1.Cl. The Morgan fingerprint density at radius 3 is 2.22 bits per heavy atom. The van der Waals surface area contributed by atoms with Crippen LogP contribution in [0.5, 0.6) is 17.2 Å². The quantitative estimate of drug-likeness (QED) is 0.749. The third kappa shape index (κ3) is 4.63. The second-order valence-corrected chi connectivity index (χ2v) is 6.78. The number of hydrogen-bond acceptors (Lipinski definition) is 6. The summed E-state index contributed by atoms with van der Waals surface area (Å²) in [7, 11) is 0.574. The van der Waals surface area contributed by atoms with E-state index < -0.39 is 10.0 Å². The maximum Gasteiger partial charge on any atom is 0.247 e. The molecule has 1 aliphatic rings. The van der Waals surface area contributed by atoms with Crippen LogP contribution in [0, 0.1) is 5.92 Å². The first-order valence-corrected chi connectivity index (χ1v) is 8.50. The Kier molecular flexibility index (Phi) is 7.40. The summed E-state index contributed by atoms with van der Waals surface area (Å²) in [5.74, 6) is 1.14. The number of halogens is 1. The van der Waals surface area contributed by atoms with Crippen LogP contribution in [0.15, 0.2) is 17.0 Å². The monoisotopic (exact) mass is 366 g/mol. The van der Waals surface area contributed by atoms with Crippen molar-refractivity contribution < 1.29 is 22.6 Å². The number of hydrogen-bond donors (Lipinski definition) is 2. The molecule has 2 N–H and O–H groups in total. The van der Waals surface area contributed by atoms with Gasteiger partial charge >= 0.3 is 0 Å². The Balaban J connectivity index is 0.00000264. The largest absolute Gasteiger partial charge is 0.496 e. The fourth-order valence-corrected chi connectivity index (χ4v) is 3.84. The summed E-state index contributed by atoms with van der Waals surface area (Å²) in [5, 5.41) is 3.21. The fraction of sp³-hybridized carbons (Fsp3) is 0.571. The summed E-state index contributed by atoms with van der Waals surface area (Å²) < 4.78 is 43.4. The summed E-state index contributed by atoms with van der Waals surface area (Å²) in [6, 6.07) is 3.04. The van der Waals surface area contributed by atoms with E-state index in [0.717, 1.165) is 19.5 Å². The van der Waals surface area contributed by atoms with Crippen LogP contribution < -0.4 is 24.2 Å². The molecule has 1 aromatic carbocycles. The zero-order valence-corrected chi connectivity index (χ0v) is 15.1. The van der Waals surface area contributed by atoms with Crippen LogP contribution in [0.2, 0.25) is 0 Å². The van der Waals surface area contributed by atoms with Gasteiger partial charge in [-0.3, -0.25) is 0 Å². The van der Waals surface area contributed by atoms with Crippen molar-refractivity contribution in [1.82, 2.24) is 10.0 Å². The first-order valence-electron chi connectivity index (χ1n) is 7.02. The molecule has 0 spiro atoms. The Hall–Kier alpha value is -1.22. The average Bonchev–Trinajstić information content (AvgIpc) is 3.05. The molecule has 0 aliphatic carbocycles. The van der Waals surface area contributed by atoms with Crippen LogP contribution in [-0.4, -0.2) is 49.4 Å². The van der Waals surface area contributed by atoms with Crippen molar-refractivity contribution in [2.45, 2.75) is 11.3 Å². The third-order valence-corrected chi connectivity index (χ3v) is 5.15. The molecule has 1 unspecified atom stereocenters. The molecule has 0 bridgehead atoms. The Morgan fingerprint density at radius 1 is 1.17 bits per heavy atom. The molecule has 2 rings (SSSR count). The highest BCUT2D eigenvalue weighted by atomic mass is 35.5. The number of methoxy groups -OCH3 is 3. The molecule has 1 fully saturated rings. The van der Waals surface area contributed by atoms with Gasteiger partial charge in [0.2, 0.25) is 10.0 Å². The fourth-order valence-electron chi connectivity index (χ4n) is 2.43. The summed E-state index contributed by atoms with van der Waals surface area (Å²) in [4.78, 5) is -0.00995. The van der Waals surface area contributed by atoms with E-state index in [2.05, 4.69) is 10.0 Å². The van der Waals surface area contributed by atoms with Crippen molar-refractivity contribution in [3.05, 3.63) is 12.1 Å². The first-order chi connectivity index (χ1) is 10.5. The van der Waals surface area contributed by atoms with Crippen molar-refractivity contribution in [2.24, 2.45) is 5.92 Å². The van der Waals surface area contributed by atoms with Gasteiger partial charge in [0.1, 0.15) is 17.2 Å². The molecule has 0 saturated carbocycles. The molecule has 0 radical (unpaired) electrons. The summed E-state index contributed by atoms with van der Waals surface area (Å²) in [5.41, 5.74) is 0. The van der Waals surface area contributed by atoms with E-state index in [4.69, 9.17) is 14.2 Å². The smallest absolute Gasteiger partial charge is 0.247 e. The van der Waals surface area contributed by atoms with Crippen molar-refractivity contribution in [2.75, 3.05) is 41.0 Å². The molecule has 1 aromatic rings. The van der Waals surface area contributed by atoms with Gasteiger partial charge in [0, 0.05) is 18.7 Å². The minimum Gasteiger partial charge on any atom is -0.496 e. The third-order valence-electron chi connectivity index (χ3n) is 3.66. The summed E-state index contributed by atoms with van der Waals surface area (Å²) in [6.45, 7) is 2.12. The van der Waals surface area contributed by atoms with Gasteiger partial charge < -0.3 is 19.5 Å². The van der Waals surface area contributed by atoms with E-state index in [1.54, 1.807) is 0 Å². The molecule has 1 saturated heterocycles. The summed E-state index contributed by atoms with van der Waals surface area (Å²) in [6.07, 6.45) is 0.958. The van der Waals surface area contributed by atoms with Crippen LogP contribution >= 0.6 is 12.4 Å². The Labute approximate surface area is 143 Å². The molecule has 9 heteroatoms. The number of rotatable bonds is 7. The lowest BCUT2D eigenvalue weighted by Gasteiger charge is -2.17. The van der Waals surface area contributed by atoms with Gasteiger partial charge in [0.05, 0.1) is 21.3 Å². The number of benzene rings is 1. The minimum atomic E-state index is -3.74. The van der Waals surface area contributed by atoms with Gasteiger partial charge in [-0.25, -0.2) is 13.1 Å². The molecule has 7 nitrogen and oxygen atoms in total. The van der Waals surface area contributed by atoms with Gasteiger partial charge in [-0.05, 0) is 25.4 Å². The number of ether oxygens (including phenoxy) is 3. The normalized spacial score (nSPS) is 17.4. The van der Waals surface area contributed by atoms with Gasteiger partial charge in [-0.15, -0.1) is 12.4 Å². The van der Waals surface area contributed by atoms with Gasteiger partial charge in [-0.2, -0.15) is 0 Å². The molecule has 1 aliphatic heterocycles. The number of nitrogens with one attached hydrogen (secondary N) is 2. The van der Waals surface area contributed by atoms with Gasteiger partial charge in [0.25, 0.3) is 0 Å². The van der Waals surface area contributed by atoms with Crippen molar-refractivity contribution >= 4 is 22.4 Å². The maximum absolute atomic E-state index is 12.6. The highest BCUT2D eigenvalue weighted by molar-refractivity contribution is 7.89. The average molecular weight is 367 g/mol. The van der Waals surface area contributed by atoms with E-state index in [1.807, 2.05) is 0 Å². The molecular formula is C14H23ClN2O5S. The first kappa shape index (κ1) is 19.8. The molecular weight excluding hydrogens is 344 g/mol. The van der Waals surface area contributed by atoms with Crippen LogP contribution in [0.4, 0.5) is 0 Å². The zero-order valence-electron chi connectivity index (χ0n) is 13.4. The zero-order chi connectivity index (χ0) is 16.2. The lowest BCUT2D eigenvalue weighted by molar-refractivity contribution is 0.358.